The molecule has 29 heavy (non-hydrogen) atoms. The number of amides is 1. The van der Waals surface area contributed by atoms with Gasteiger partial charge in [-0.05, 0) is 60.4 Å². The molecule has 1 atom stereocenters. The largest absolute Gasteiger partial charge is 0.348 e. The standard InChI is InChI=1S/C23H22F2N2OS/c1-16(4-5-17-6-10-19(24)11-7-17)29-23-21(3-2-14-26-23)22(28)27-15-18-8-12-20(25)13-9-18/h2-3,6-14,16H,4-5,15H2,1H3,(H,27,28). The van der Waals surface area contributed by atoms with Crippen LogP contribution in [0.5, 0.6) is 0 Å². The van der Waals surface area contributed by atoms with E-state index in [1.54, 1.807) is 54.4 Å². The lowest BCUT2D eigenvalue weighted by Gasteiger charge is -2.14. The molecule has 3 rings (SSSR count). The van der Waals surface area contributed by atoms with Crippen molar-refractivity contribution in [2.75, 3.05) is 0 Å². The van der Waals surface area contributed by atoms with Crippen LogP contribution in [-0.4, -0.2) is 16.1 Å². The summed E-state index contributed by atoms with van der Waals surface area (Å²) in [5.74, 6) is -0.753. The predicted molar refractivity (Wildman–Crippen MR) is 112 cm³/mol. The number of carbonyl (C=O) groups excluding carboxylic acids is 1. The fraction of sp³-hybridized carbons (Fsp3) is 0.217. The molecule has 0 fully saturated rings. The Bertz CT molecular complexity index is 946. The second-order valence-corrected chi connectivity index (χ2v) is 8.19. The average Bonchev–Trinajstić information content (AvgIpc) is 2.73. The van der Waals surface area contributed by atoms with Gasteiger partial charge < -0.3 is 5.32 Å². The molecule has 0 aliphatic rings. The molecule has 0 bridgehead atoms. The van der Waals surface area contributed by atoms with E-state index >= 15 is 0 Å². The molecule has 2 aromatic carbocycles. The Hall–Kier alpha value is -2.73. The minimum atomic E-state index is -0.305. The highest BCUT2D eigenvalue weighted by atomic mass is 32.2. The van der Waals surface area contributed by atoms with Crippen molar-refractivity contribution in [3.63, 3.8) is 0 Å². The summed E-state index contributed by atoms with van der Waals surface area (Å²) in [4.78, 5) is 17.0. The van der Waals surface area contributed by atoms with E-state index in [1.165, 1.54) is 24.3 Å². The lowest BCUT2D eigenvalue weighted by atomic mass is 10.1. The highest BCUT2D eigenvalue weighted by Crippen LogP contribution is 2.27. The maximum Gasteiger partial charge on any atom is 0.254 e. The number of thioether (sulfide) groups is 1. The van der Waals surface area contributed by atoms with Crippen LogP contribution in [0.25, 0.3) is 0 Å². The summed E-state index contributed by atoms with van der Waals surface area (Å²) in [6.07, 6.45) is 3.38. The molecule has 0 saturated carbocycles. The van der Waals surface area contributed by atoms with Crippen molar-refractivity contribution in [2.45, 2.75) is 36.6 Å². The zero-order valence-electron chi connectivity index (χ0n) is 16.1. The number of benzene rings is 2. The zero-order chi connectivity index (χ0) is 20.6. The molecule has 1 heterocycles. The Labute approximate surface area is 173 Å². The van der Waals surface area contributed by atoms with Crippen LogP contribution in [0.3, 0.4) is 0 Å². The molecule has 1 unspecified atom stereocenters. The molecule has 0 spiro atoms. The number of nitrogens with one attached hydrogen (secondary N) is 1. The number of halogens is 2. The molecular weight excluding hydrogens is 390 g/mol. The van der Waals surface area contributed by atoms with Gasteiger partial charge in [-0.25, -0.2) is 13.8 Å². The fourth-order valence-corrected chi connectivity index (χ4v) is 3.83. The van der Waals surface area contributed by atoms with Gasteiger partial charge in [-0.1, -0.05) is 31.2 Å². The van der Waals surface area contributed by atoms with Crippen LogP contribution in [0, 0.1) is 11.6 Å². The Morgan fingerprint density at radius 2 is 1.62 bits per heavy atom. The third-order valence-corrected chi connectivity index (χ3v) is 5.63. The first-order chi connectivity index (χ1) is 14.0. The second-order valence-electron chi connectivity index (χ2n) is 6.76. The number of carbonyl (C=O) groups is 1. The van der Waals surface area contributed by atoms with Crippen molar-refractivity contribution in [3.8, 4) is 0 Å². The van der Waals surface area contributed by atoms with Gasteiger partial charge in [-0.3, -0.25) is 4.79 Å². The molecule has 0 saturated heterocycles. The lowest BCUT2D eigenvalue weighted by molar-refractivity contribution is 0.0947. The molecule has 1 amide bonds. The maximum absolute atomic E-state index is 13.0. The number of rotatable bonds is 8. The first-order valence-electron chi connectivity index (χ1n) is 9.40. The minimum absolute atomic E-state index is 0.212. The number of aryl methyl sites for hydroxylation is 1. The van der Waals surface area contributed by atoms with Crippen LogP contribution in [-0.2, 0) is 13.0 Å². The van der Waals surface area contributed by atoms with Gasteiger partial charge in [0, 0.05) is 18.0 Å². The van der Waals surface area contributed by atoms with E-state index in [-0.39, 0.29) is 22.8 Å². The van der Waals surface area contributed by atoms with Crippen LogP contribution in [0.4, 0.5) is 8.78 Å². The van der Waals surface area contributed by atoms with Crippen molar-refractivity contribution in [1.29, 1.82) is 0 Å². The van der Waals surface area contributed by atoms with Gasteiger partial charge >= 0.3 is 0 Å². The molecule has 1 N–H and O–H groups in total. The van der Waals surface area contributed by atoms with Crippen LogP contribution in [0.1, 0.15) is 34.8 Å². The number of hydrogen-bond acceptors (Lipinski definition) is 3. The normalized spacial score (nSPS) is 11.8. The highest BCUT2D eigenvalue weighted by Gasteiger charge is 2.15. The smallest absolute Gasteiger partial charge is 0.254 e. The van der Waals surface area contributed by atoms with Gasteiger partial charge in [0.25, 0.3) is 5.91 Å². The quantitative estimate of drug-likeness (QED) is 0.504. The van der Waals surface area contributed by atoms with Crippen molar-refractivity contribution >= 4 is 17.7 Å². The van der Waals surface area contributed by atoms with E-state index < -0.39 is 0 Å². The monoisotopic (exact) mass is 412 g/mol. The highest BCUT2D eigenvalue weighted by molar-refractivity contribution is 7.99. The molecule has 6 heteroatoms. The molecule has 0 aliphatic heterocycles. The van der Waals surface area contributed by atoms with Crippen molar-refractivity contribution in [1.82, 2.24) is 10.3 Å². The summed E-state index contributed by atoms with van der Waals surface area (Å²) >= 11 is 1.55. The topological polar surface area (TPSA) is 42.0 Å². The summed E-state index contributed by atoms with van der Waals surface area (Å²) in [6.45, 7) is 2.40. The van der Waals surface area contributed by atoms with Gasteiger partial charge in [0.1, 0.15) is 16.7 Å². The van der Waals surface area contributed by atoms with Crippen molar-refractivity contribution in [2.24, 2.45) is 0 Å². The van der Waals surface area contributed by atoms with Crippen molar-refractivity contribution in [3.05, 3.63) is 95.2 Å². The van der Waals surface area contributed by atoms with E-state index in [1.807, 2.05) is 0 Å². The summed E-state index contributed by atoms with van der Waals surface area (Å²) < 4.78 is 26.0. The molecule has 150 valence electrons. The van der Waals surface area contributed by atoms with Gasteiger partial charge in [-0.15, -0.1) is 11.8 Å². The Morgan fingerprint density at radius 1 is 1.00 bits per heavy atom. The maximum atomic E-state index is 13.0. The van der Waals surface area contributed by atoms with Crippen LogP contribution < -0.4 is 5.32 Å². The molecule has 0 radical (unpaired) electrons. The van der Waals surface area contributed by atoms with Gasteiger partial charge in [0.05, 0.1) is 5.56 Å². The molecule has 3 aromatic rings. The first kappa shape index (κ1) is 21.0. The van der Waals surface area contributed by atoms with E-state index in [2.05, 4.69) is 17.2 Å². The SMILES string of the molecule is CC(CCc1ccc(F)cc1)Sc1ncccc1C(=O)NCc1ccc(F)cc1. The lowest BCUT2D eigenvalue weighted by Crippen LogP contribution is -2.23. The second kappa shape index (κ2) is 10.2. The van der Waals surface area contributed by atoms with Gasteiger partial charge in [-0.2, -0.15) is 0 Å². The third kappa shape index (κ3) is 6.39. The summed E-state index contributed by atoms with van der Waals surface area (Å²) in [5, 5.41) is 3.77. The number of nitrogens with zero attached hydrogens (tertiary/aromatic N) is 1. The molecule has 3 nitrogen and oxygen atoms in total. The third-order valence-electron chi connectivity index (χ3n) is 4.45. The minimum Gasteiger partial charge on any atom is -0.348 e. The van der Waals surface area contributed by atoms with E-state index in [0.717, 1.165) is 24.0 Å². The Balaban J connectivity index is 1.57. The fourth-order valence-electron chi connectivity index (χ4n) is 2.81. The zero-order valence-corrected chi connectivity index (χ0v) is 16.9. The summed E-state index contributed by atoms with van der Waals surface area (Å²) in [7, 11) is 0. The van der Waals surface area contributed by atoms with E-state index in [9.17, 15) is 13.6 Å². The van der Waals surface area contributed by atoms with Crippen LogP contribution in [0.2, 0.25) is 0 Å². The Kier molecular flexibility index (Phi) is 7.36. The van der Waals surface area contributed by atoms with Gasteiger partial charge in [0.2, 0.25) is 0 Å². The molecule has 1 aromatic heterocycles. The van der Waals surface area contributed by atoms with E-state index in [4.69, 9.17) is 0 Å². The van der Waals surface area contributed by atoms with E-state index in [0.29, 0.717) is 17.1 Å². The summed E-state index contributed by atoms with van der Waals surface area (Å²) in [6, 6.07) is 16.0. The van der Waals surface area contributed by atoms with Gasteiger partial charge in [0.15, 0.2) is 0 Å². The number of pyridine rings is 1. The number of aromatic nitrogens is 1. The Morgan fingerprint density at radius 3 is 2.28 bits per heavy atom. The van der Waals surface area contributed by atoms with Crippen LogP contribution in [0.15, 0.2) is 71.9 Å². The average molecular weight is 413 g/mol. The molecular formula is C23H22F2N2OS. The predicted octanol–water partition coefficient (Wildman–Crippen LogP) is 5.40. The van der Waals surface area contributed by atoms with Crippen molar-refractivity contribution < 1.29 is 13.6 Å². The molecule has 0 aliphatic carbocycles. The van der Waals surface area contributed by atoms with Crippen LogP contribution >= 0.6 is 11.8 Å². The summed E-state index contributed by atoms with van der Waals surface area (Å²) in [5.41, 5.74) is 2.43. The first-order valence-corrected chi connectivity index (χ1v) is 10.3. The number of hydrogen-bond donors (Lipinski definition) is 1.